The molecule has 0 bridgehead atoms. The lowest BCUT2D eigenvalue weighted by Gasteiger charge is -2.18. The Morgan fingerprint density at radius 1 is 1.03 bits per heavy atom. The first-order valence-corrected chi connectivity index (χ1v) is 10.5. The smallest absolute Gasteiger partial charge is 0.191 e. The van der Waals surface area contributed by atoms with Crippen LogP contribution in [-0.2, 0) is 11.2 Å². The predicted molar refractivity (Wildman–Crippen MR) is 123 cm³/mol. The molecule has 0 aliphatic rings. The molecule has 0 saturated heterocycles. The van der Waals surface area contributed by atoms with E-state index in [1.807, 2.05) is 12.1 Å². The third-order valence-corrected chi connectivity index (χ3v) is 5.00. The first kappa shape index (κ1) is 23.8. The average Bonchev–Trinajstić information content (AvgIpc) is 3.17. The maximum atomic E-state index is 5.49. The fourth-order valence-corrected chi connectivity index (χ4v) is 3.32. The summed E-state index contributed by atoms with van der Waals surface area (Å²) in [4.78, 5) is 10.1. The van der Waals surface area contributed by atoms with Crippen molar-refractivity contribution in [2.45, 2.75) is 19.3 Å². The summed E-state index contributed by atoms with van der Waals surface area (Å²) in [5.41, 5.74) is 2.21. The third kappa shape index (κ3) is 7.42. The van der Waals surface area contributed by atoms with Gasteiger partial charge in [-0.2, -0.15) is 0 Å². The molecule has 1 aromatic carbocycles. The average molecular weight is 420 g/mol. The zero-order valence-electron chi connectivity index (χ0n) is 19.0. The molecular formula is C22H37N5O3. The second kappa shape index (κ2) is 13.0. The van der Waals surface area contributed by atoms with E-state index in [-0.39, 0.29) is 0 Å². The number of hydrogen-bond donors (Lipinski definition) is 3. The maximum Gasteiger partial charge on any atom is 0.191 e. The van der Waals surface area contributed by atoms with E-state index in [2.05, 4.69) is 38.6 Å². The molecule has 0 radical (unpaired) electrons. The van der Waals surface area contributed by atoms with Crippen molar-refractivity contribution in [1.29, 1.82) is 0 Å². The normalized spacial score (nSPS) is 11.9. The summed E-state index contributed by atoms with van der Waals surface area (Å²) in [6.07, 6.45) is 2.97. The van der Waals surface area contributed by atoms with Crippen LogP contribution in [0, 0.1) is 0 Å². The van der Waals surface area contributed by atoms with Crippen LogP contribution in [-0.4, -0.2) is 84.1 Å². The van der Waals surface area contributed by atoms with Crippen LogP contribution in [0.5, 0.6) is 11.5 Å². The van der Waals surface area contributed by atoms with E-state index in [1.54, 1.807) is 28.4 Å². The summed E-state index contributed by atoms with van der Waals surface area (Å²) in [5, 5.41) is 7.83. The molecule has 0 atom stereocenters. The fraction of sp³-hybridized carbons (Fsp3) is 0.591. The highest BCUT2D eigenvalue weighted by molar-refractivity contribution is 5.88. The molecule has 8 heteroatoms. The topological polar surface area (TPSA) is 83.1 Å². The van der Waals surface area contributed by atoms with E-state index in [0.29, 0.717) is 0 Å². The second-order valence-corrected chi connectivity index (χ2v) is 7.26. The van der Waals surface area contributed by atoms with Gasteiger partial charge in [-0.25, -0.2) is 0 Å². The van der Waals surface area contributed by atoms with Crippen LogP contribution in [0.2, 0.25) is 0 Å². The van der Waals surface area contributed by atoms with Crippen LogP contribution in [0.15, 0.2) is 23.2 Å². The molecule has 0 spiro atoms. The number of nitrogens with one attached hydrogen (secondary N) is 3. The van der Waals surface area contributed by atoms with Gasteiger partial charge in [-0.3, -0.25) is 4.99 Å². The van der Waals surface area contributed by atoms with Crippen molar-refractivity contribution >= 4 is 16.9 Å². The van der Waals surface area contributed by atoms with Gasteiger partial charge in [-0.05, 0) is 32.4 Å². The summed E-state index contributed by atoms with van der Waals surface area (Å²) in [5.74, 6) is 2.44. The molecule has 30 heavy (non-hydrogen) atoms. The van der Waals surface area contributed by atoms with E-state index in [1.165, 1.54) is 5.69 Å². The SMILES string of the molecule is CN=C(NCCCc1cc2c(OC)cc(OC)cc2[nH]1)NCCN(C)CCCOC. The molecule has 3 N–H and O–H groups in total. The first-order valence-electron chi connectivity index (χ1n) is 10.5. The number of fused-ring (bicyclic) bond motifs is 1. The number of aromatic amines is 1. The van der Waals surface area contributed by atoms with Gasteiger partial charge in [0.25, 0.3) is 0 Å². The Labute approximate surface area is 180 Å². The number of nitrogens with zero attached hydrogens (tertiary/aromatic N) is 2. The maximum absolute atomic E-state index is 5.49. The van der Waals surface area contributed by atoms with Gasteiger partial charge in [0.05, 0.1) is 19.7 Å². The van der Waals surface area contributed by atoms with Crippen molar-refractivity contribution in [2.24, 2.45) is 4.99 Å². The molecule has 2 rings (SSSR count). The number of guanidine groups is 1. The number of likely N-dealkylation sites (N-methyl/N-ethyl adjacent to an activating group) is 1. The van der Waals surface area contributed by atoms with Crippen molar-refractivity contribution in [3.8, 4) is 11.5 Å². The minimum Gasteiger partial charge on any atom is -0.497 e. The highest BCUT2D eigenvalue weighted by Crippen LogP contribution is 2.31. The fourth-order valence-electron chi connectivity index (χ4n) is 3.32. The van der Waals surface area contributed by atoms with E-state index in [4.69, 9.17) is 14.2 Å². The molecule has 1 heterocycles. The Balaban J connectivity index is 1.73. The number of aryl methyl sites for hydroxylation is 1. The van der Waals surface area contributed by atoms with Crippen LogP contribution < -0.4 is 20.1 Å². The van der Waals surface area contributed by atoms with Gasteiger partial charge in [0.1, 0.15) is 11.5 Å². The van der Waals surface area contributed by atoms with Crippen molar-refractivity contribution < 1.29 is 14.2 Å². The molecule has 168 valence electrons. The first-order chi connectivity index (χ1) is 14.6. The number of rotatable bonds is 13. The zero-order chi connectivity index (χ0) is 21.8. The minimum absolute atomic E-state index is 0.786. The van der Waals surface area contributed by atoms with Gasteiger partial charge in [0, 0.05) is 70.2 Å². The van der Waals surface area contributed by atoms with E-state index < -0.39 is 0 Å². The lowest BCUT2D eigenvalue weighted by Crippen LogP contribution is -2.41. The minimum atomic E-state index is 0.786. The largest absolute Gasteiger partial charge is 0.497 e. The summed E-state index contributed by atoms with van der Waals surface area (Å²) in [6.45, 7) is 4.50. The van der Waals surface area contributed by atoms with Crippen LogP contribution in [0.3, 0.4) is 0 Å². The Hall–Kier alpha value is -2.45. The highest BCUT2D eigenvalue weighted by Gasteiger charge is 2.09. The summed E-state index contributed by atoms with van der Waals surface area (Å²) in [7, 11) is 9.01. The highest BCUT2D eigenvalue weighted by atomic mass is 16.5. The Bertz CT molecular complexity index is 790. The van der Waals surface area contributed by atoms with E-state index in [9.17, 15) is 0 Å². The van der Waals surface area contributed by atoms with Crippen LogP contribution in [0.25, 0.3) is 10.9 Å². The van der Waals surface area contributed by atoms with Crippen molar-refractivity contribution in [1.82, 2.24) is 20.5 Å². The van der Waals surface area contributed by atoms with Gasteiger partial charge < -0.3 is 34.7 Å². The van der Waals surface area contributed by atoms with Crippen LogP contribution in [0.4, 0.5) is 0 Å². The number of ether oxygens (including phenoxy) is 3. The molecule has 0 aliphatic heterocycles. The van der Waals surface area contributed by atoms with Crippen molar-refractivity contribution in [3.63, 3.8) is 0 Å². The van der Waals surface area contributed by atoms with Gasteiger partial charge in [0.2, 0.25) is 0 Å². The number of aromatic nitrogens is 1. The van der Waals surface area contributed by atoms with Crippen molar-refractivity contribution in [2.75, 3.05) is 68.2 Å². The third-order valence-electron chi connectivity index (χ3n) is 5.00. The van der Waals surface area contributed by atoms with Gasteiger partial charge in [-0.1, -0.05) is 0 Å². The van der Waals surface area contributed by atoms with Crippen LogP contribution >= 0.6 is 0 Å². The van der Waals surface area contributed by atoms with E-state index in [0.717, 1.165) is 80.4 Å². The Kier molecular flexibility index (Phi) is 10.3. The number of hydrogen-bond acceptors (Lipinski definition) is 5. The van der Waals surface area contributed by atoms with Gasteiger partial charge in [0.15, 0.2) is 5.96 Å². The summed E-state index contributed by atoms with van der Waals surface area (Å²) < 4.78 is 15.9. The molecule has 8 nitrogen and oxygen atoms in total. The van der Waals surface area contributed by atoms with Crippen molar-refractivity contribution in [3.05, 3.63) is 23.9 Å². The van der Waals surface area contributed by atoms with Gasteiger partial charge in [-0.15, -0.1) is 0 Å². The molecule has 0 aliphatic carbocycles. The summed E-state index contributed by atoms with van der Waals surface area (Å²) >= 11 is 0. The quantitative estimate of drug-likeness (QED) is 0.262. The number of H-pyrrole nitrogens is 1. The number of benzene rings is 1. The number of aliphatic imine (C=N–C) groups is 1. The molecule has 0 fully saturated rings. The molecule has 1 aromatic heterocycles. The van der Waals surface area contributed by atoms with E-state index >= 15 is 0 Å². The zero-order valence-corrected chi connectivity index (χ0v) is 19.0. The molecular weight excluding hydrogens is 382 g/mol. The number of methoxy groups -OCH3 is 3. The predicted octanol–water partition coefficient (Wildman–Crippen LogP) is 2.25. The summed E-state index contributed by atoms with van der Waals surface area (Å²) in [6, 6.07) is 6.06. The molecule has 0 amide bonds. The van der Waals surface area contributed by atoms with Crippen LogP contribution in [0.1, 0.15) is 18.5 Å². The molecule has 0 saturated carbocycles. The monoisotopic (exact) mass is 419 g/mol. The Morgan fingerprint density at radius 3 is 2.53 bits per heavy atom. The standard InChI is InChI=1S/C22H37N5O3/c1-23-22(25-10-12-27(2)11-7-13-28-3)24-9-6-8-17-14-19-20(26-17)15-18(29-4)16-21(19)30-5/h14-16,26H,6-13H2,1-5H3,(H2,23,24,25). The van der Waals surface area contributed by atoms with Gasteiger partial charge >= 0.3 is 0 Å². The second-order valence-electron chi connectivity index (χ2n) is 7.26. The lowest BCUT2D eigenvalue weighted by atomic mass is 10.2. The molecule has 2 aromatic rings. The Morgan fingerprint density at radius 2 is 1.83 bits per heavy atom. The lowest BCUT2D eigenvalue weighted by molar-refractivity contribution is 0.180. The molecule has 0 unspecified atom stereocenters.